The van der Waals surface area contributed by atoms with Crippen molar-refractivity contribution in [2.24, 2.45) is 0 Å². The van der Waals surface area contributed by atoms with Gasteiger partial charge in [0, 0.05) is 19.3 Å². The van der Waals surface area contributed by atoms with Gasteiger partial charge in [-0.05, 0) is 35.4 Å². The Morgan fingerprint density at radius 2 is 2.19 bits per heavy atom. The Balaban J connectivity index is 2.18. The molecule has 0 bridgehead atoms. The van der Waals surface area contributed by atoms with Gasteiger partial charge in [0.05, 0.1) is 12.1 Å². The molecule has 7 heteroatoms. The Morgan fingerprint density at radius 3 is 2.90 bits per heavy atom. The summed E-state index contributed by atoms with van der Waals surface area (Å²) in [7, 11) is 1.63. The van der Waals surface area contributed by atoms with Gasteiger partial charge in [-0.1, -0.05) is 19.1 Å². The number of aromatic nitrogens is 4. The van der Waals surface area contributed by atoms with E-state index in [0.717, 1.165) is 30.0 Å². The molecule has 112 valence electrons. The molecule has 0 saturated heterocycles. The molecule has 2 rings (SSSR count). The molecule has 0 radical (unpaired) electrons. The third kappa shape index (κ3) is 3.36. The summed E-state index contributed by atoms with van der Waals surface area (Å²) in [4.78, 5) is 12.0. The van der Waals surface area contributed by atoms with Gasteiger partial charge in [0.2, 0.25) is 0 Å². The van der Waals surface area contributed by atoms with Crippen molar-refractivity contribution in [3.63, 3.8) is 0 Å². The highest BCUT2D eigenvalue weighted by molar-refractivity contribution is 6.00. The van der Waals surface area contributed by atoms with Crippen LogP contribution in [0.5, 0.6) is 0 Å². The van der Waals surface area contributed by atoms with Crippen molar-refractivity contribution in [3.05, 3.63) is 35.2 Å². The summed E-state index contributed by atoms with van der Waals surface area (Å²) in [5.74, 6) is 0.643. The third-order valence-electron chi connectivity index (χ3n) is 3.21. The lowest BCUT2D eigenvalue weighted by molar-refractivity contribution is 0.0963. The van der Waals surface area contributed by atoms with E-state index in [1.165, 1.54) is 0 Å². The zero-order valence-corrected chi connectivity index (χ0v) is 12.6. The van der Waals surface area contributed by atoms with E-state index in [4.69, 9.17) is 0 Å². The molecule has 0 aliphatic rings. The first kappa shape index (κ1) is 15.0. The summed E-state index contributed by atoms with van der Waals surface area (Å²) in [6, 6.07) is 5.71. The van der Waals surface area contributed by atoms with Gasteiger partial charge in [-0.15, -0.1) is 5.10 Å². The molecule has 0 fully saturated rings. The molecule has 0 spiro atoms. The molecular weight excluding hydrogens is 268 g/mol. The fraction of sp³-hybridized carbons (Fsp3) is 0.429. The van der Waals surface area contributed by atoms with Gasteiger partial charge in [-0.25, -0.2) is 4.68 Å². The maximum absolute atomic E-state index is 12.0. The van der Waals surface area contributed by atoms with Crippen molar-refractivity contribution in [2.75, 3.05) is 12.4 Å². The number of hydrogen-bond acceptors (Lipinski definition) is 5. The van der Waals surface area contributed by atoms with Crippen LogP contribution in [0.25, 0.3) is 0 Å². The van der Waals surface area contributed by atoms with Crippen molar-refractivity contribution in [2.45, 2.75) is 33.4 Å². The maximum atomic E-state index is 12.0. The Bertz CT molecular complexity index is 622. The maximum Gasteiger partial charge on any atom is 0.253 e. The molecule has 0 atom stereocenters. The molecule has 1 amide bonds. The minimum atomic E-state index is -0.108. The summed E-state index contributed by atoms with van der Waals surface area (Å²) in [6.45, 7) is 5.24. The van der Waals surface area contributed by atoms with Crippen molar-refractivity contribution < 1.29 is 4.79 Å². The van der Waals surface area contributed by atoms with Crippen LogP contribution in [0, 0.1) is 6.92 Å². The number of nitrogens with one attached hydrogen (secondary N) is 2. The molecule has 1 aromatic carbocycles. The van der Waals surface area contributed by atoms with Crippen LogP contribution in [0.4, 0.5) is 5.69 Å². The number of amides is 1. The van der Waals surface area contributed by atoms with E-state index in [9.17, 15) is 4.79 Å². The summed E-state index contributed by atoms with van der Waals surface area (Å²) >= 11 is 0. The fourth-order valence-corrected chi connectivity index (χ4v) is 2.15. The van der Waals surface area contributed by atoms with E-state index in [1.807, 2.05) is 25.1 Å². The number of aryl methyl sites for hydroxylation is 2. The number of nitrogens with zero attached hydrogens (tertiary/aromatic N) is 4. The number of benzene rings is 1. The second kappa shape index (κ2) is 6.83. The van der Waals surface area contributed by atoms with E-state index in [1.54, 1.807) is 11.7 Å². The topological polar surface area (TPSA) is 84.7 Å². The molecular formula is C14H20N6O. The summed E-state index contributed by atoms with van der Waals surface area (Å²) < 4.78 is 1.77. The molecule has 2 aromatic rings. The molecule has 0 aliphatic heterocycles. The number of anilines is 1. The van der Waals surface area contributed by atoms with Crippen LogP contribution in [0.3, 0.4) is 0 Å². The van der Waals surface area contributed by atoms with Crippen LogP contribution in [-0.4, -0.2) is 33.2 Å². The first-order valence-corrected chi connectivity index (χ1v) is 6.98. The van der Waals surface area contributed by atoms with E-state index < -0.39 is 0 Å². The van der Waals surface area contributed by atoms with Crippen LogP contribution in [0.1, 0.15) is 35.1 Å². The Hall–Kier alpha value is -2.44. The van der Waals surface area contributed by atoms with Gasteiger partial charge in [0.15, 0.2) is 5.82 Å². The van der Waals surface area contributed by atoms with Gasteiger partial charge in [0.1, 0.15) is 0 Å². The number of hydrogen-bond donors (Lipinski definition) is 2. The lowest BCUT2D eigenvalue weighted by Crippen LogP contribution is -2.21. The van der Waals surface area contributed by atoms with Crippen LogP contribution >= 0.6 is 0 Å². The summed E-state index contributed by atoms with van der Waals surface area (Å²) in [5.41, 5.74) is 2.35. The normalized spacial score (nSPS) is 10.4. The van der Waals surface area contributed by atoms with E-state index in [0.29, 0.717) is 12.1 Å². The molecule has 21 heavy (non-hydrogen) atoms. The van der Waals surface area contributed by atoms with Crippen LogP contribution in [0.2, 0.25) is 0 Å². The number of carbonyl (C=O) groups is 1. The zero-order valence-electron chi connectivity index (χ0n) is 12.6. The highest BCUT2D eigenvalue weighted by Gasteiger charge is 2.13. The molecule has 2 N–H and O–H groups in total. The predicted molar refractivity (Wildman–Crippen MR) is 80.0 cm³/mol. The van der Waals surface area contributed by atoms with Crippen molar-refractivity contribution in [1.82, 2.24) is 25.5 Å². The molecule has 7 nitrogen and oxygen atoms in total. The molecule has 0 saturated carbocycles. The van der Waals surface area contributed by atoms with E-state index in [2.05, 4.69) is 33.1 Å². The highest BCUT2D eigenvalue weighted by Crippen LogP contribution is 2.20. The Morgan fingerprint density at radius 1 is 1.38 bits per heavy atom. The van der Waals surface area contributed by atoms with E-state index in [-0.39, 0.29) is 5.91 Å². The fourth-order valence-electron chi connectivity index (χ4n) is 2.15. The minimum absolute atomic E-state index is 0.108. The number of rotatable bonds is 6. The second-order valence-electron chi connectivity index (χ2n) is 4.75. The standard InChI is InChI=1S/C14H20N6O/c1-4-8-20-12(17-18-19-20)9-16-11-7-5-6-10(2)13(11)14(21)15-3/h5-7,16H,4,8-9H2,1-3H3,(H,15,21). The van der Waals surface area contributed by atoms with Gasteiger partial charge in [-0.2, -0.15) is 0 Å². The van der Waals surface area contributed by atoms with Crippen molar-refractivity contribution >= 4 is 11.6 Å². The largest absolute Gasteiger partial charge is 0.377 e. The quantitative estimate of drug-likeness (QED) is 0.838. The molecule has 1 heterocycles. The average Bonchev–Trinajstić information content (AvgIpc) is 2.92. The average molecular weight is 288 g/mol. The van der Waals surface area contributed by atoms with Crippen molar-refractivity contribution in [3.8, 4) is 0 Å². The van der Waals surface area contributed by atoms with Crippen molar-refractivity contribution in [1.29, 1.82) is 0 Å². The molecule has 0 unspecified atom stereocenters. The SMILES string of the molecule is CCCn1nnnc1CNc1cccc(C)c1C(=O)NC. The van der Waals surface area contributed by atoms with Gasteiger partial charge in [0.25, 0.3) is 5.91 Å². The number of carbonyl (C=O) groups excluding carboxylic acids is 1. The van der Waals surface area contributed by atoms with Crippen LogP contribution in [0.15, 0.2) is 18.2 Å². The first-order valence-electron chi connectivity index (χ1n) is 6.98. The lowest BCUT2D eigenvalue weighted by atomic mass is 10.1. The number of tetrazole rings is 1. The van der Waals surface area contributed by atoms with E-state index >= 15 is 0 Å². The molecule has 1 aromatic heterocycles. The summed E-state index contributed by atoms with van der Waals surface area (Å²) in [6.07, 6.45) is 0.964. The zero-order chi connectivity index (χ0) is 15.2. The second-order valence-corrected chi connectivity index (χ2v) is 4.75. The monoisotopic (exact) mass is 288 g/mol. The van der Waals surface area contributed by atoms with Gasteiger partial charge in [-0.3, -0.25) is 4.79 Å². The highest BCUT2D eigenvalue weighted by atomic mass is 16.1. The minimum Gasteiger partial charge on any atom is -0.377 e. The Labute approximate surface area is 123 Å². The summed E-state index contributed by atoms with van der Waals surface area (Å²) in [5, 5.41) is 17.5. The predicted octanol–water partition coefficient (Wildman–Crippen LogP) is 1.36. The van der Waals surface area contributed by atoms with Crippen LogP contribution < -0.4 is 10.6 Å². The first-order chi connectivity index (χ1) is 10.2. The third-order valence-corrected chi connectivity index (χ3v) is 3.21. The molecule has 0 aliphatic carbocycles. The van der Waals surface area contributed by atoms with Gasteiger partial charge < -0.3 is 10.6 Å². The van der Waals surface area contributed by atoms with Gasteiger partial charge >= 0.3 is 0 Å². The smallest absolute Gasteiger partial charge is 0.253 e. The Kier molecular flexibility index (Phi) is 4.86. The van der Waals surface area contributed by atoms with Crippen LogP contribution in [-0.2, 0) is 13.1 Å². The lowest BCUT2D eigenvalue weighted by Gasteiger charge is -2.13.